The Morgan fingerprint density at radius 2 is 1.88 bits per heavy atom. The summed E-state index contributed by atoms with van der Waals surface area (Å²) in [4.78, 5) is 4.63. The second-order valence-corrected chi connectivity index (χ2v) is 5.35. The maximum absolute atomic E-state index is 5.99. The highest BCUT2D eigenvalue weighted by Gasteiger charge is 2.10. The van der Waals surface area contributed by atoms with Crippen LogP contribution in [-0.2, 0) is 0 Å². The predicted molar refractivity (Wildman–Crippen MR) is 74.2 cm³/mol. The van der Waals surface area contributed by atoms with Gasteiger partial charge in [-0.05, 0) is 32.4 Å². The molecule has 0 aliphatic heterocycles. The lowest BCUT2D eigenvalue weighted by atomic mass is 10.1. The van der Waals surface area contributed by atoms with Gasteiger partial charge in [0.05, 0.1) is 11.7 Å². The first kappa shape index (κ1) is 12.3. The van der Waals surface area contributed by atoms with Gasteiger partial charge >= 0.3 is 0 Å². The van der Waals surface area contributed by atoms with Crippen LogP contribution < -0.4 is 5.73 Å². The number of aromatic nitrogens is 1. The number of hydrogen-bond donors (Lipinski definition) is 1. The normalized spacial score (nSPS) is 12.7. The van der Waals surface area contributed by atoms with Crippen LogP contribution in [0.4, 0.5) is 0 Å². The van der Waals surface area contributed by atoms with E-state index in [2.05, 4.69) is 49.3 Å². The number of rotatable bonds is 3. The third-order valence-corrected chi connectivity index (χ3v) is 3.77. The van der Waals surface area contributed by atoms with E-state index in [-0.39, 0.29) is 6.04 Å². The monoisotopic (exact) mass is 246 g/mol. The molecule has 0 radical (unpaired) electrons. The fraction of sp³-hybridized carbons (Fsp3) is 0.357. The predicted octanol–water partition coefficient (Wildman–Crippen LogP) is 3.84. The summed E-state index contributed by atoms with van der Waals surface area (Å²) in [5.74, 6) is 0. The van der Waals surface area contributed by atoms with Gasteiger partial charge in [-0.1, -0.05) is 24.1 Å². The van der Waals surface area contributed by atoms with Crippen molar-refractivity contribution in [3.63, 3.8) is 0 Å². The average Bonchev–Trinajstić information content (AvgIpc) is 2.76. The van der Waals surface area contributed by atoms with Crippen molar-refractivity contribution in [2.45, 2.75) is 33.2 Å². The Labute approximate surface area is 107 Å². The molecular formula is C14H18N2S. The molecule has 0 amide bonds. The first-order valence-electron chi connectivity index (χ1n) is 5.90. The summed E-state index contributed by atoms with van der Waals surface area (Å²) >= 11 is 1.65. The molecule has 0 aliphatic rings. The molecule has 3 heteroatoms. The van der Waals surface area contributed by atoms with E-state index in [9.17, 15) is 0 Å². The highest BCUT2D eigenvalue weighted by molar-refractivity contribution is 7.10. The van der Waals surface area contributed by atoms with Crippen LogP contribution in [0.1, 0.15) is 35.5 Å². The molecule has 17 heavy (non-hydrogen) atoms. The molecule has 1 atom stereocenters. The second-order valence-electron chi connectivity index (χ2n) is 4.46. The third kappa shape index (κ3) is 2.73. The Morgan fingerprint density at radius 1 is 1.24 bits per heavy atom. The average molecular weight is 246 g/mol. The summed E-state index contributed by atoms with van der Waals surface area (Å²) in [7, 11) is 0. The first-order valence-corrected chi connectivity index (χ1v) is 6.77. The van der Waals surface area contributed by atoms with Crippen LogP contribution in [0.5, 0.6) is 0 Å². The number of thiazole rings is 1. The lowest BCUT2D eigenvalue weighted by Crippen LogP contribution is -2.07. The maximum atomic E-state index is 5.99. The molecular weight excluding hydrogens is 228 g/mol. The summed E-state index contributed by atoms with van der Waals surface area (Å²) in [6.07, 6.45) is 0.930. The summed E-state index contributed by atoms with van der Waals surface area (Å²) in [6.45, 7) is 6.31. The molecule has 0 fully saturated rings. The van der Waals surface area contributed by atoms with Crippen LogP contribution in [-0.4, -0.2) is 4.98 Å². The zero-order valence-electron chi connectivity index (χ0n) is 10.5. The van der Waals surface area contributed by atoms with Gasteiger partial charge in [0.15, 0.2) is 0 Å². The standard InChI is InChI=1S/C14H18N2S/c1-4-12(15)14-16-13(8-17-14)11-6-9(2)5-10(3)7-11/h5-8,12H,4,15H2,1-3H3. The highest BCUT2D eigenvalue weighted by atomic mass is 32.1. The van der Waals surface area contributed by atoms with E-state index < -0.39 is 0 Å². The molecule has 1 unspecified atom stereocenters. The fourth-order valence-corrected chi connectivity index (χ4v) is 2.80. The SMILES string of the molecule is CCC(N)c1nc(-c2cc(C)cc(C)c2)cs1. The van der Waals surface area contributed by atoms with Crippen LogP contribution in [0.25, 0.3) is 11.3 Å². The molecule has 90 valence electrons. The van der Waals surface area contributed by atoms with E-state index in [0.717, 1.165) is 17.1 Å². The van der Waals surface area contributed by atoms with E-state index in [4.69, 9.17) is 5.73 Å². The van der Waals surface area contributed by atoms with Gasteiger partial charge in [-0.2, -0.15) is 0 Å². The zero-order valence-corrected chi connectivity index (χ0v) is 11.3. The first-order chi connectivity index (χ1) is 8.10. The van der Waals surface area contributed by atoms with Crippen molar-refractivity contribution in [1.29, 1.82) is 0 Å². The quantitative estimate of drug-likeness (QED) is 0.893. The molecule has 2 aromatic rings. The minimum absolute atomic E-state index is 0.0691. The second kappa shape index (κ2) is 4.98. The molecule has 0 saturated heterocycles. The molecule has 2 rings (SSSR count). The Bertz CT molecular complexity index is 496. The molecule has 0 aliphatic carbocycles. The molecule has 0 spiro atoms. The number of nitrogens with zero attached hydrogens (tertiary/aromatic N) is 1. The van der Waals surface area contributed by atoms with Crippen molar-refractivity contribution in [1.82, 2.24) is 4.98 Å². The maximum Gasteiger partial charge on any atom is 0.110 e. The van der Waals surface area contributed by atoms with E-state index in [0.29, 0.717) is 0 Å². The van der Waals surface area contributed by atoms with Crippen LogP contribution in [0.15, 0.2) is 23.6 Å². The Kier molecular flexibility index (Phi) is 3.60. The smallest absolute Gasteiger partial charge is 0.110 e. The van der Waals surface area contributed by atoms with Crippen molar-refractivity contribution >= 4 is 11.3 Å². The van der Waals surface area contributed by atoms with Crippen LogP contribution >= 0.6 is 11.3 Å². The van der Waals surface area contributed by atoms with Crippen LogP contribution in [0.2, 0.25) is 0 Å². The zero-order chi connectivity index (χ0) is 12.4. The van der Waals surface area contributed by atoms with Crippen LogP contribution in [0.3, 0.4) is 0 Å². The number of benzene rings is 1. The largest absolute Gasteiger partial charge is 0.322 e. The summed E-state index contributed by atoms with van der Waals surface area (Å²) in [5, 5.41) is 3.13. The summed E-state index contributed by atoms with van der Waals surface area (Å²) in [5.41, 5.74) is 10.8. The number of aryl methyl sites for hydroxylation is 2. The van der Waals surface area contributed by atoms with Gasteiger partial charge in [0.1, 0.15) is 5.01 Å². The molecule has 1 aromatic carbocycles. The molecule has 1 heterocycles. The van der Waals surface area contributed by atoms with Gasteiger partial charge in [0.25, 0.3) is 0 Å². The third-order valence-electron chi connectivity index (χ3n) is 2.80. The molecule has 2 N–H and O–H groups in total. The van der Waals surface area contributed by atoms with Crippen LogP contribution in [0, 0.1) is 13.8 Å². The Hall–Kier alpha value is -1.19. The van der Waals surface area contributed by atoms with Gasteiger partial charge in [-0.25, -0.2) is 4.98 Å². The van der Waals surface area contributed by atoms with Gasteiger partial charge in [0, 0.05) is 10.9 Å². The molecule has 0 bridgehead atoms. The minimum atomic E-state index is 0.0691. The van der Waals surface area contributed by atoms with E-state index in [1.807, 2.05) is 0 Å². The van der Waals surface area contributed by atoms with Crippen molar-refractivity contribution in [3.05, 3.63) is 39.7 Å². The molecule has 1 aromatic heterocycles. The van der Waals surface area contributed by atoms with E-state index >= 15 is 0 Å². The van der Waals surface area contributed by atoms with Gasteiger partial charge < -0.3 is 5.73 Å². The minimum Gasteiger partial charge on any atom is -0.322 e. The fourth-order valence-electron chi connectivity index (χ4n) is 1.89. The van der Waals surface area contributed by atoms with E-state index in [1.54, 1.807) is 11.3 Å². The van der Waals surface area contributed by atoms with Gasteiger partial charge in [-0.3, -0.25) is 0 Å². The van der Waals surface area contributed by atoms with E-state index in [1.165, 1.54) is 16.7 Å². The summed E-state index contributed by atoms with van der Waals surface area (Å²) in [6, 6.07) is 6.58. The van der Waals surface area contributed by atoms with Crippen molar-refractivity contribution in [2.24, 2.45) is 5.73 Å². The molecule has 0 saturated carbocycles. The highest BCUT2D eigenvalue weighted by Crippen LogP contribution is 2.27. The van der Waals surface area contributed by atoms with Crippen molar-refractivity contribution in [3.8, 4) is 11.3 Å². The topological polar surface area (TPSA) is 38.9 Å². The van der Waals surface area contributed by atoms with Gasteiger partial charge in [0.2, 0.25) is 0 Å². The van der Waals surface area contributed by atoms with Crippen molar-refractivity contribution < 1.29 is 0 Å². The summed E-state index contributed by atoms with van der Waals surface area (Å²) < 4.78 is 0. The lowest BCUT2D eigenvalue weighted by Gasteiger charge is -2.04. The number of nitrogens with two attached hydrogens (primary N) is 1. The Balaban J connectivity index is 2.36. The number of hydrogen-bond acceptors (Lipinski definition) is 3. The molecule has 2 nitrogen and oxygen atoms in total. The van der Waals surface area contributed by atoms with Gasteiger partial charge in [-0.15, -0.1) is 11.3 Å². The van der Waals surface area contributed by atoms with Crippen molar-refractivity contribution in [2.75, 3.05) is 0 Å². The Morgan fingerprint density at radius 3 is 2.47 bits per heavy atom. The lowest BCUT2D eigenvalue weighted by molar-refractivity contribution is 0.693.